The fourth-order valence-corrected chi connectivity index (χ4v) is 5.42. The predicted molar refractivity (Wildman–Crippen MR) is 94.5 cm³/mol. The van der Waals surface area contributed by atoms with Gasteiger partial charge in [-0.15, -0.1) is 0 Å². The summed E-state index contributed by atoms with van der Waals surface area (Å²) in [7, 11) is -3.66. The molecule has 1 saturated carbocycles. The van der Waals surface area contributed by atoms with Crippen molar-refractivity contribution >= 4 is 10.0 Å². The van der Waals surface area contributed by atoms with Gasteiger partial charge in [0, 0.05) is 25.2 Å². The lowest BCUT2D eigenvalue weighted by molar-refractivity contribution is -0.0348. The normalized spacial score (nSPS) is 22.0. The quantitative estimate of drug-likeness (QED) is 0.865. The summed E-state index contributed by atoms with van der Waals surface area (Å²) in [6, 6.07) is 3.79. The number of rotatable bonds is 5. The van der Waals surface area contributed by atoms with Gasteiger partial charge in [-0.05, 0) is 43.5 Å². The summed E-state index contributed by atoms with van der Waals surface area (Å²) in [5, 5.41) is 0. The third-order valence-corrected chi connectivity index (χ3v) is 7.05. The fraction of sp³-hybridized carbons (Fsp3) is 0.667. The molecule has 0 radical (unpaired) electrons. The average Bonchev–Trinajstić information content (AvgIpc) is 2.61. The van der Waals surface area contributed by atoms with Gasteiger partial charge in [0.25, 0.3) is 0 Å². The molecule has 1 aliphatic heterocycles. The van der Waals surface area contributed by atoms with E-state index in [0.717, 1.165) is 38.8 Å². The summed E-state index contributed by atoms with van der Waals surface area (Å²) >= 11 is 0. The zero-order chi connectivity index (χ0) is 17.9. The molecular formula is C18H27FN2O3S. The Hall–Kier alpha value is -1.02. The largest absolute Gasteiger partial charge is 0.379 e. The van der Waals surface area contributed by atoms with E-state index in [-0.39, 0.29) is 10.4 Å². The number of sulfonamides is 1. The second kappa shape index (κ2) is 7.70. The number of hydrogen-bond acceptors (Lipinski definition) is 4. The van der Waals surface area contributed by atoms with Crippen molar-refractivity contribution in [3.05, 3.63) is 29.6 Å². The molecule has 2 aliphatic rings. The summed E-state index contributed by atoms with van der Waals surface area (Å²) < 4.78 is 47.1. The first-order valence-electron chi connectivity index (χ1n) is 9.02. The average molecular weight is 370 g/mol. The van der Waals surface area contributed by atoms with Gasteiger partial charge in [-0.25, -0.2) is 17.5 Å². The van der Waals surface area contributed by atoms with Gasteiger partial charge in [0.05, 0.1) is 18.1 Å². The smallest absolute Gasteiger partial charge is 0.240 e. The van der Waals surface area contributed by atoms with Gasteiger partial charge in [0.1, 0.15) is 5.82 Å². The highest BCUT2D eigenvalue weighted by Gasteiger charge is 2.39. The third kappa shape index (κ3) is 4.22. The van der Waals surface area contributed by atoms with Crippen LogP contribution in [0.3, 0.4) is 0 Å². The third-order valence-electron chi connectivity index (χ3n) is 5.48. The van der Waals surface area contributed by atoms with Gasteiger partial charge in [-0.1, -0.05) is 19.3 Å². The second-order valence-corrected chi connectivity index (χ2v) is 8.85. The first-order chi connectivity index (χ1) is 11.9. The van der Waals surface area contributed by atoms with E-state index in [0.29, 0.717) is 25.3 Å². The van der Waals surface area contributed by atoms with Crippen LogP contribution in [-0.4, -0.2) is 51.7 Å². The van der Waals surface area contributed by atoms with E-state index in [1.165, 1.54) is 24.6 Å². The molecule has 1 aromatic rings. The second-order valence-electron chi connectivity index (χ2n) is 7.12. The zero-order valence-electron chi connectivity index (χ0n) is 14.8. The molecule has 140 valence electrons. The number of morpholine rings is 1. The number of nitrogens with zero attached hydrogens (tertiary/aromatic N) is 1. The summed E-state index contributed by atoms with van der Waals surface area (Å²) in [6.45, 7) is 5.11. The van der Waals surface area contributed by atoms with E-state index in [1.54, 1.807) is 6.92 Å². The van der Waals surface area contributed by atoms with Crippen molar-refractivity contribution in [2.24, 2.45) is 0 Å². The van der Waals surface area contributed by atoms with Crippen LogP contribution >= 0.6 is 0 Å². The Bertz CT molecular complexity index is 696. The fourth-order valence-electron chi connectivity index (χ4n) is 4.07. The first kappa shape index (κ1) is 18.8. The predicted octanol–water partition coefficient (Wildman–Crippen LogP) is 2.45. The molecule has 1 N–H and O–H groups in total. The molecule has 1 aliphatic carbocycles. The highest BCUT2D eigenvalue weighted by Crippen LogP contribution is 2.34. The minimum absolute atomic E-state index is 0.136. The number of benzene rings is 1. The number of nitrogens with one attached hydrogen (secondary N) is 1. The van der Waals surface area contributed by atoms with Crippen molar-refractivity contribution in [3.8, 4) is 0 Å². The Kier molecular flexibility index (Phi) is 5.78. The molecule has 0 spiro atoms. The first-order valence-corrected chi connectivity index (χ1v) is 10.5. The van der Waals surface area contributed by atoms with Crippen molar-refractivity contribution in [2.75, 3.05) is 32.8 Å². The molecule has 0 bridgehead atoms. The summed E-state index contributed by atoms with van der Waals surface area (Å²) in [5.74, 6) is -0.423. The van der Waals surface area contributed by atoms with Crippen molar-refractivity contribution in [1.82, 2.24) is 9.62 Å². The van der Waals surface area contributed by atoms with Gasteiger partial charge < -0.3 is 4.74 Å². The van der Waals surface area contributed by atoms with Crippen molar-refractivity contribution < 1.29 is 17.5 Å². The van der Waals surface area contributed by atoms with Crippen LogP contribution in [0.2, 0.25) is 0 Å². The minimum Gasteiger partial charge on any atom is -0.379 e. The highest BCUT2D eigenvalue weighted by atomic mass is 32.2. The molecule has 1 heterocycles. The Morgan fingerprint density at radius 1 is 1.20 bits per heavy atom. The molecular weight excluding hydrogens is 343 g/mol. The van der Waals surface area contributed by atoms with Crippen LogP contribution in [0.1, 0.15) is 37.7 Å². The summed E-state index contributed by atoms with van der Waals surface area (Å²) in [5.41, 5.74) is 0.291. The Labute approximate surface area is 149 Å². The molecule has 5 nitrogen and oxygen atoms in total. The van der Waals surface area contributed by atoms with E-state index in [1.807, 2.05) is 0 Å². The van der Waals surface area contributed by atoms with Gasteiger partial charge in [-0.3, -0.25) is 4.90 Å². The van der Waals surface area contributed by atoms with E-state index in [2.05, 4.69) is 9.62 Å². The van der Waals surface area contributed by atoms with Crippen LogP contribution < -0.4 is 4.72 Å². The van der Waals surface area contributed by atoms with Gasteiger partial charge in [-0.2, -0.15) is 0 Å². The highest BCUT2D eigenvalue weighted by molar-refractivity contribution is 7.89. The molecule has 0 amide bonds. The monoisotopic (exact) mass is 370 g/mol. The molecule has 3 rings (SSSR count). The van der Waals surface area contributed by atoms with E-state index in [4.69, 9.17) is 4.74 Å². The maximum atomic E-state index is 13.3. The molecule has 0 unspecified atom stereocenters. The SMILES string of the molecule is Cc1cc(F)ccc1S(=O)(=O)NCC1(N2CCOCC2)CCCCC1. The number of hydrogen-bond donors (Lipinski definition) is 1. The Balaban J connectivity index is 1.78. The lowest BCUT2D eigenvalue weighted by Gasteiger charge is -2.48. The van der Waals surface area contributed by atoms with Gasteiger partial charge in [0.15, 0.2) is 0 Å². The minimum atomic E-state index is -3.66. The maximum absolute atomic E-state index is 13.3. The van der Waals surface area contributed by atoms with Crippen molar-refractivity contribution in [3.63, 3.8) is 0 Å². The van der Waals surface area contributed by atoms with Crippen LogP contribution in [0.5, 0.6) is 0 Å². The van der Waals surface area contributed by atoms with Crippen molar-refractivity contribution in [1.29, 1.82) is 0 Å². The number of halogens is 1. The Morgan fingerprint density at radius 3 is 2.52 bits per heavy atom. The summed E-state index contributed by atoms with van der Waals surface area (Å²) in [6.07, 6.45) is 5.44. The maximum Gasteiger partial charge on any atom is 0.240 e. The molecule has 2 fully saturated rings. The molecule has 1 saturated heterocycles. The molecule has 1 aromatic carbocycles. The van der Waals surface area contributed by atoms with Gasteiger partial charge in [0.2, 0.25) is 10.0 Å². The van der Waals surface area contributed by atoms with Crippen LogP contribution in [-0.2, 0) is 14.8 Å². The van der Waals surface area contributed by atoms with Crippen LogP contribution in [0.15, 0.2) is 23.1 Å². The molecule has 0 atom stereocenters. The van der Waals surface area contributed by atoms with E-state index >= 15 is 0 Å². The van der Waals surface area contributed by atoms with E-state index < -0.39 is 15.8 Å². The van der Waals surface area contributed by atoms with Gasteiger partial charge >= 0.3 is 0 Å². The standard InChI is InChI=1S/C18H27FN2O3S/c1-15-13-16(19)5-6-17(15)25(22,23)20-14-18(7-3-2-4-8-18)21-9-11-24-12-10-21/h5-6,13,20H,2-4,7-12,14H2,1H3. The van der Waals surface area contributed by atoms with E-state index in [9.17, 15) is 12.8 Å². The lowest BCUT2D eigenvalue weighted by atomic mass is 9.80. The molecule has 7 heteroatoms. The number of aryl methyl sites for hydroxylation is 1. The molecule has 0 aromatic heterocycles. The number of ether oxygens (including phenoxy) is 1. The Morgan fingerprint density at radius 2 is 1.88 bits per heavy atom. The van der Waals surface area contributed by atoms with Crippen molar-refractivity contribution in [2.45, 2.75) is 49.5 Å². The van der Waals surface area contributed by atoms with Crippen LogP contribution in [0.4, 0.5) is 4.39 Å². The molecule has 25 heavy (non-hydrogen) atoms. The van der Waals surface area contributed by atoms with Crippen LogP contribution in [0.25, 0.3) is 0 Å². The summed E-state index contributed by atoms with van der Waals surface area (Å²) in [4.78, 5) is 2.55. The van der Waals surface area contributed by atoms with Crippen LogP contribution in [0, 0.1) is 12.7 Å². The lowest BCUT2D eigenvalue weighted by Crippen LogP contribution is -2.59. The topological polar surface area (TPSA) is 58.6 Å². The zero-order valence-corrected chi connectivity index (χ0v) is 15.6.